The third-order valence-corrected chi connectivity index (χ3v) is 4.48. The van der Waals surface area contributed by atoms with Gasteiger partial charge >= 0.3 is 6.03 Å². The van der Waals surface area contributed by atoms with Crippen molar-refractivity contribution < 1.29 is 19.1 Å². The summed E-state index contributed by atoms with van der Waals surface area (Å²) >= 11 is 0. The lowest BCUT2D eigenvalue weighted by Gasteiger charge is -2.13. The van der Waals surface area contributed by atoms with Gasteiger partial charge in [-0.15, -0.1) is 0 Å². The number of nitrogens with one attached hydrogen (secondary N) is 3. The van der Waals surface area contributed by atoms with Crippen molar-refractivity contribution in [3.63, 3.8) is 0 Å². The summed E-state index contributed by atoms with van der Waals surface area (Å²) in [6, 6.07) is 12.6. The number of amides is 3. The zero-order chi connectivity index (χ0) is 19.9. The van der Waals surface area contributed by atoms with Crippen LogP contribution in [-0.4, -0.2) is 29.8 Å². The molecule has 0 radical (unpaired) electrons. The fraction of sp³-hybridized carbons (Fsp3) is 0.300. The molecule has 0 bridgehead atoms. The van der Waals surface area contributed by atoms with E-state index in [4.69, 9.17) is 4.74 Å². The van der Waals surface area contributed by atoms with Crippen LogP contribution in [0.2, 0.25) is 0 Å². The van der Waals surface area contributed by atoms with Crippen LogP contribution in [0, 0.1) is 4.91 Å². The van der Waals surface area contributed by atoms with Crippen LogP contribution >= 0.6 is 0 Å². The summed E-state index contributed by atoms with van der Waals surface area (Å²) in [5.74, 6) is 0.285. The Bertz CT molecular complexity index is 861. The largest absolute Gasteiger partial charge is 0.490 e. The Morgan fingerprint density at radius 2 is 1.75 bits per heavy atom. The van der Waals surface area contributed by atoms with Gasteiger partial charge in [-0.25, -0.2) is 10.2 Å². The van der Waals surface area contributed by atoms with E-state index < -0.39 is 11.9 Å². The molecule has 1 aliphatic carbocycles. The van der Waals surface area contributed by atoms with E-state index >= 15 is 0 Å². The minimum absolute atomic E-state index is 0.255. The average Bonchev–Trinajstić information content (AvgIpc) is 3.20. The van der Waals surface area contributed by atoms with Crippen LogP contribution in [0.3, 0.4) is 0 Å². The van der Waals surface area contributed by atoms with Gasteiger partial charge in [0.15, 0.2) is 7.05 Å². The molecule has 3 rings (SSSR count). The Hall–Kier alpha value is -3.42. The van der Waals surface area contributed by atoms with Crippen LogP contribution in [0.1, 0.15) is 36.0 Å². The Morgan fingerprint density at radius 3 is 2.43 bits per heavy atom. The first kappa shape index (κ1) is 19.3. The highest BCUT2D eigenvalue weighted by molar-refractivity contribution is 5.97. The molecule has 2 aromatic rings. The number of hydrogen-bond acceptors (Lipinski definition) is 4. The topological polar surface area (TPSA) is 99.5 Å². The SMILES string of the molecule is C[N+](=O)c1cccc(NC(=O)NNC(=O)c2ccc(OC3CCCC3)cc2)c1. The second-order valence-electron chi connectivity index (χ2n) is 6.63. The maximum atomic E-state index is 12.2. The number of carbonyl (C=O) groups is 2. The maximum absolute atomic E-state index is 12.2. The minimum atomic E-state index is -0.625. The number of hydrazine groups is 1. The van der Waals surface area contributed by atoms with Crippen molar-refractivity contribution in [1.82, 2.24) is 10.9 Å². The van der Waals surface area contributed by atoms with Crippen LogP contribution in [0.4, 0.5) is 16.2 Å². The van der Waals surface area contributed by atoms with E-state index in [2.05, 4.69) is 16.2 Å². The number of nitrogens with zero attached hydrogens (tertiary/aromatic N) is 1. The molecule has 0 aromatic heterocycles. The molecule has 1 saturated carbocycles. The summed E-state index contributed by atoms with van der Waals surface area (Å²) < 4.78 is 6.55. The number of hydrogen-bond donors (Lipinski definition) is 3. The smallest absolute Gasteiger partial charge is 0.337 e. The zero-order valence-electron chi connectivity index (χ0n) is 15.6. The molecule has 1 aliphatic rings. The molecule has 8 nitrogen and oxygen atoms in total. The van der Waals surface area contributed by atoms with Gasteiger partial charge in [0.2, 0.25) is 0 Å². The Morgan fingerprint density at radius 1 is 1.04 bits per heavy atom. The zero-order valence-corrected chi connectivity index (χ0v) is 15.6. The molecule has 0 aliphatic heterocycles. The number of benzene rings is 2. The van der Waals surface area contributed by atoms with E-state index in [1.54, 1.807) is 42.5 Å². The number of urea groups is 1. The molecule has 3 amide bonds. The lowest BCUT2D eigenvalue weighted by Crippen LogP contribution is -2.43. The molecule has 0 spiro atoms. The summed E-state index contributed by atoms with van der Waals surface area (Å²) in [6.07, 6.45) is 4.77. The van der Waals surface area contributed by atoms with Crippen molar-refractivity contribution in [1.29, 1.82) is 0 Å². The van der Waals surface area contributed by atoms with Gasteiger partial charge in [0.05, 0.1) is 6.10 Å². The highest BCUT2D eigenvalue weighted by Gasteiger charge is 2.16. The summed E-state index contributed by atoms with van der Waals surface area (Å²) in [5.41, 5.74) is 5.85. The quantitative estimate of drug-likeness (QED) is 0.543. The fourth-order valence-corrected chi connectivity index (χ4v) is 3.01. The van der Waals surface area contributed by atoms with Crippen LogP contribution in [-0.2, 0) is 0 Å². The fourth-order valence-electron chi connectivity index (χ4n) is 3.01. The first-order valence-corrected chi connectivity index (χ1v) is 9.16. The van der Waals surface area contributed by atoms with E-state index in [-0.39, 0.29) is 6.10 Å². The Kier molecular flexibility index (Phi) is 6.21. The van der Waals surface area contributed by atoms with E-state index in [0.29, 0.717) is 21.7 Å². The third kappa shape index (κ3) is 5.29. The number of ether oxygens (including phenoxy) is 1. The first-order chi connectivity index (χ1) is 13.5. The van der Waals surface area contributed by atoms with Gasteiger partial charge in [0, 0.05) is 33.1 Å². The van der Waals surface area contributed by atoms with Gasteiger partial charge in [-0.05, 0) is 56.0 Å². The van der Waals surface area contributed by atoms with Crippen LogP contribution in [0.5, 0.6) is 5.75 Å². The Balaban J connectivity index is 1.48. The van der Waals surface area contributed by atoms with Gasteiger partial charge in [-0.3, -0.25) is 10.2 Å². The van der Waals surface area contributed by atoms with Crippen molar-refractivity contribution in [2.24, 2.45) is 0 Å². The maximum Gasteiger partial charge on any atom is 0.337 e. The molecule has 0 atom stereocenters. The summed E-state index contributed by atoms with van der Waals surface area (Å²) in [7, 11) is 1.36. The van der Waals surface area contributed by atoms with Gasteiger partial charge in [0.1, 0.15) is 5.75 Å². The van der Waals surface area contributed by atoms with Gasteiger partial charge in [-0.1, -0.05) is 6.07 Å². The van der Waals surface area contributed by atoms with Crippen molar-refractivity contribution in [2.75, 3.05) is 12.4 Å². The van der Waals surface area contributed by atoms with Crippen LogP contribution < -0.4 is 20.9 Å². The number of rotatable bonds is 5. The normalized spacial score (nSPS) is 13.6. The van der Waals surface area contributed by atoms with Crippen molar-refractivity contribution in [2.45, 2.75) is 31.8 Å². The standard InChI is InChI=1S/C20H22N4O4/c1-24(27)16-6-4-5-15(13-16)21-20(26)23-22-19(25)14-9-11-18(12-10-14)28-17-7-2-3-8-17/h4-6,9-13,17H,2-3,7-8H2,1H3,(H2-,21,22,23,25,26)/p+1. The van der Waals surface area contributed by atoms with E-state index in [1.165, 1.54) is 26.0 Å². The summed E-state index contributed by atoms with van der Waals surface area (Å²) in [6.45, 7) is 0. The molecule has 1 fully saturated rings. The number of anilines is 1. The molecular weight excluding hydrogens is 360 g/mol. The highest BCUT2D eigenvalue weighted by Crippen LogP contribution is 2.24. The van der Waals surface area contributed by atoms with E-state index in [0.717, 1.165) is 18.6 Å². The number of carbonyl (C=O) groups excluding carboxylic acids is 2. The van der Waals surface area contributed by atoms with Crippen molar-refractivity contribution >= 4 is 23.3 Å². The van der Waals surface area contributed by atoms with E-state index in [1.807, 2.05) is 0 Å². The van der Waals surface area contributed by atoms with Crippen molar-refractivity contribution in [3.8, 4) is 5.75 Å². The molecule has 28 heavy (non-hydrogen) atoms. The monoisotopic (exact) mass is 383 g/mol. The second-order valence-corrected chi connectivity index (χ2v) is 6.63. The van der Waals surface area contributed by atoms with E-state index in [9.17, 15) is 14.5 Å². The lowest BCUT2D eigenvalue weighted by atomic mass is 10.2. The van der Waals surface area contributed by atoms with Crippen LogP contribution in [0.25, 0.3) is 0 Å². The molecular formula is C20H23N4O4+. The summed E-state index contributed by atoms with van der Waals surface area (Å²) in [4.78, 5) is 35.4. The highest BCUT2D eigenvalue weighted by atomic mass is 16.5. The first-order valence-electron chi connectivity index (χ1n) is 9.16. The van der Waals surface area contributed by atoms with Crippen molar-refractivity contribution in [3.05, 3.63) is 59.0 Å². The lowest BCUT2D eigenvalue weighted by molar-refractivity contribution is -0.428. The predicted octanol–water partition coefficient (Wildman–Crippen LogP) is 3.51. The number of nitroso groups, excluding NO2 is 1. The molecule has 146 valence electrons. The second kappa shape index (κ2) is 8.98. The molecule has 0 heterocycles. The van der Waals surface area contributed by atoms with Crippen LogP contribution in [0.15, 0.2) is 48.5 Å². The average molecular weight is 383 g/mol. The minimum Gasteiger partial charge on any atom is -0.490 e. The summed E-state index contributed by atoms with van der Waals surface area (Å²) in [5, 5.41) is 2.54. The van der Waals surface area contributed by atoms with Gasteiger partial charge < -0.3 is 10.1 Å². The third-order valence-electron chi connectivity index (χ3n) is 4.48. The molecule has 2 aromatic carbocycles. The molecule has 0 unspecified atom stereocenters. The molecule has 3 N–H and O–H groups in total. The molecule has 8 heteroatoms. The van der Waals surface area contributed by atoms with Gasteiger partial charge in [0.25, 0.3) is 11.6 Å². The Labute approximate surface area is 162 Å². The molecule has 0 saturated heterocycles. The predicted molar refractivity (Wildman–Crippen MR) is 105 cm³/mol. The van der Waals surface area contributed by atoms with Gasteiger partial charge in [-0.2, -0.15) is 0 Å².